The van der Waals surface area contributed by atoms with E-state index in [1.165, 1.54) is 17.7 Å². The molecule has 0 aliphatic carbocycles. The van der Waals surface area contributed by atoms with E-state index >= 15 is 0 Å². The molecule has 3 aromatic rings. The lowest BCUT2D eigenvalue weighted by Crippen LogP contribution is -2.19. The van der Waals surface area contributed by atoms with Gasteiger partial charge in [0.2, 0.25) is 0 Å². The van der Waals surface area contributed by atoms with E-state index in [2.05, 4.69) is 25.7 Å². The summed E-state index contributed by atoms with van der Waals surface area (Å²) in [6.07, 6.45) is 4.78. The van der Waals surface area contributed by atoms with Crippen LogP contribution < -0.4 is 10.6 Å². The molecule has 2 N–H and O–H groups in total. The van der Waals surface area contributed by atoms with Crippen LogP contribution in [-0.2, 0) is 6.54 Å². The normalized spacial score (nSPS) is 10.3. The van der Waals surface area contributed by atoms with Crippen LogP contribution in [0.2, 0.25) is 0 Å². The summed E-state index contributed by atoms with van der Waals surface area (Å²) in [7, 11) is 0. The summed E-state index contributed by atoms with van der Waals surface area (Å²) in [5.41, 5.74) is 1.73. The summed E-state index contributed by atoms with van der Waals surface area (Å²) in [5.74, 6) is 0. The van der Waals surface area contributed by atoms with Gasteiger partial charge in [-0.05, 0) is 17.7 Å². The number of rotatable bonds is 4. The fourth-order valence-corrected chi connectivity index (χ4v) is 2.32. The summed E-state index contributed by atoms with van der Waals surface area (Å²) < 4.78 is 1.72. The Morgan fingerprint density at radius 3 is 3.05 bits per heavy atom. The van der Waals surface area contributed by atoms with Gasteiger partial charge in [-0.25, -0.2) is 19.4 Å². The average Bonchev–Trinajstić information content (AvgIpc) is 3.12. The SMILES string of the molecule is O=C(Nc1cccc(Cn2cncn2)c1)Nc1nccs1. The zero-order chi connectivity index (χ0) is 14.5. The van der Waals surface area contributed by atoms with Crippen molar-refractivity contribution in [3.63, 3.8) is 0 Å². The first-order chi connectivity index (χ1) is 10.3. The van der Waals surface area contributed by atoms with Gasteiger partial charge in [0.05, 0.1) is 6.54 Å². The van der Waals surface area contributed by atoms with Crippen LogP contribution in [0, 0.1) is 0 Å². The van der Waals surface area contributed by atoms with Crippen LogP contribution in [0.4, 0.5) is 15.6 Å². The second-order valence-corrected chi connectivity index (χ2v) is 5.10. The Labute approximate surface area is 124 Å². The van der Waals surface area contributed by atoms with Crippen molar-refractivity contribution >= 4 is 28.2 Å². The fourth-order valence-electron chi connectivity index (χ4n) is 1.79. The molecule has 8 heteroatoms. The van der Waals surface area contributed by atoms with Gasteiger partial charge in [-0.2, -0.15) is 5.10 Å². The van der Waals surface area contributed by atoms with E-state index in [1.807, 2.05) is 24.3 Å². The fraction of sp³-hybridized carbons (Fsp3) is 0.0769. The number of hydrogen-bond acceptors (Lipinski definition) is 5. The van der Waals surface area contributed by atoms with Crippen molar-refractivity contribution in [2.24, 2.45) is 0 Å². The second kappa shape index (κ2) is 6.14. The summed E-state index contributed by atoms with van der Waals surface area (Å²) in [6, 6.07) is 7.24. The van der Waals surface area contributed by atoms with Gasteiger partial charge in [0.25, 0.3) is 0 Å². The molecule has 0 bridgehead atoms. The minimum absolute atomic E-state index is 0.317. The Morgan fingerprint density at radius 1 is 1.33 bits per heavy atom. The highest BCUT2D eigenvalue weighted by molar-refractivity contribution is 7.13. The molecule has 0 fully saturated rings. The largest absolute Gasteiger partial charge is 0.325 e. The summed E-state index contributed by atoms with van der Waals surface area (Å²) >= 11 is 1.37. The second-order valence-electron chi connectivity index (χ2n) is 4.21. The molecule has 0 unspecified atom stereocenters. The predicted octanol–water partition coefficient (Wildman–Crippen LogP) is 2.43. The van der Waals surface area contributed by atoms with Crippen LogP contribution >= 0.6 is 11.3 Å². The smallest absolute Gasteiger partial charge is 0.308 e. The summed E-state index contributed by atoms with van der Waals surface area (Å²) in [6.45, 7) is 0.601. The highest BCUT2D eigenvalue weighted by Crippen LogP contribution is 2.14. The average molecular weight is 300 g/mol. The minimum Gasteiger partial charge on any atom is -0.308 e. The van der Waals surface area contributed by atoms with Gasteiger partial charge < -0.3 is 5.32 Å². The number of anilines is 2. The van der Waals surface area contributed by atoms with Gasteiger partial charge in [-0.1, -0.05) is 12.1 Å². The number of nitrogens with one attached hydrogen (secondary N) is 2. The van der Waals surface area contributed by atoms with Crippen LogP contribution in [0.5, 0.6) is 0 Å². The van der Waals surface area contributed by atoms with E-state index in [1.54, 1.807) is 22.6 Å². The molecule has 0 radical (unpaired) electrons. The van der Waals surface area contributed by atoms with E-state index in [0.29, 0.717) is 17.4 Å². The maximum Gasteiger partial charge on any atom is 0.325 e. The molecular formula is C13H12N6OS. The van der Waals surface area contributed by atoms with Crippen molar-refractivity contribution in [1.82, 2.24) is 19.7 Å². The summed E-state index contributed by atoms with van der Waals surface area (Å²) in [5, 5.41) is 11.8. The zero-order valence-electron chi connectivity index (χ0n) is 10.9. The Hall–Kier alpha value is -2.74. The van der Waals surface area contributed by atoms with Gasteiger partial charge in [0.1, 0.15) is 12.7 Å². The standard InChI is InChI=1S/C13H12N6OS/c20-12(18-13-15-4-5-21-13)17-11-3-1-2-10(6-11)7-19-9-14-8-16-19/h1-6,8-9H,7H2,(H2,15,17,18,20). The molecule has 0 atom stereocenters. The highest BCUT2D eigenvalue weighted by atomic mass is 32.1. The van der Waals surface area contributed by atoms with Crippen LogP contribution in [0.15, 0.2) is 48.5 Å². The number of benzene rings is 1. The van der Waals surface area contributed by atoms with Crippen molar-refractivity contribution in [3.05, 3.63) is 54.1 Å². The summed E-state index contributed by atoms with van der Waals surface area (Å²) in [4.78, 5) is 19.7. The van der Waals surface area contributed by atoms with Gasteiger partial charge >= 0.3 is 6.03 Å². The topological polar surface area (TPSA) is 84.7 Å². The molecule has 2 aromatic heterocycles. The molecule has 1 aromatic carbocycles. The molecule has 0 aliphatic rings. The Balaban J connectivity index is 1.64. The molecule has 0 spiro atoms. The number of amides is 2. The highest BCUT2D eigenvalue weighted by Gasteiger charge is 2.05. The maximum atomic E-state index is 11.8. The number of nitrogens with zero attached hydrogens (tertiary/aromatic N) is 4. The zero-order valence-corrected chi connectivity index (χ0v) is 11.7. The number of carbonyl (C=O) groups is 1. The Morgan fingerprint density at radius 2 is 2.29 bits per heavy atom. The first-order valence-corrected chi connectivity index (χ1v) is 7.06. The molecule has 106 valence electrons. The van der Waals surface area contributed by atoms with Crippen molar-refractivity contribution < 1.29 is 4.79 Å². The van der Waals surface area contributed by atoms with Crippen LogP contribution in [-0.4, -0.2) is 25.8 Å². The van der Waals surface area contributed by atoms with Gasteiger partial charge in [0, 0.05) is 17.3 Å². The lowest BCUT2D eigenvalue weighted by molar-refractivity contribution is 0.262. The Bertz CT molecular complexity index is 710. The molecule has 2 amide bonds. The van der Waals surface area contributed by atoms with E-state index in [9.17, 15) is 4.79 Å². The third kappa shape index (κ3) is 3.63. The molecular weight excluding hydrogens is 288 g/mol. The molecule has 0 aliphatic heterocycles. The molecule has 2 heterocycles. The van der Waals surface area contributed by atoms with Gasteiger partial charge in [-0.3, -0.25) is 5.32 Å². The molecule has 0 saturated carbocycles. The quantitative estimate of drug-likeness (QED) is 0.775. The van der Waals surface area contributed by atoms with Crippen molar-refractivity contribution in [2.45, 2.75) is 6.54 Å². The van der Waals surface area contributed by atoms with Crippen molar-refractivity contribution in [1.29, 1.82) is 0 Å². The van der Waals surface area contributed by atoms with Gasteiger partial charge in [0.15, 0.2) is 5.13 Å². The van der Waals surface area contributed by atoms with E-state index in [4.69, 9.17) is 0 Å². The number of hydrogen-bond donors (Lipinski definition) is 2. The predicted molar refractivity (Wildman–Crippen MR) is 80.3 cm³/mol. The number of thiazole rings is 1. The van der Waals surface area contributed by atoms with E-state index in [-0.39, 0.29) is 6.03 Å². The van der Waals surface area contributed by atoms with Crippen LogP contribution in [0.1, 0.15) is 5.56 Å². The molecule has 3 rings (SSSR count). The monoisotopic (exact) mass is 300 g/mol. The minimum atomic E-state index is -0.317. The van der Waals surface area contributed by atoms with Gasteiger partial charge in [-0.15, -0.1) is 11.3 Å². The molecule has 0 saturated heterocycles. The third-order valence-electron chi connectivity index (χ3n) is 2.65. The van der Waals surface area contributed by atoms with Crippen molar-refractivity contribution in [3.8, 4) is 0 Å². The third-order valence-corrected chi connectivity index (χ3v) is 3.34. The van der Waals surface area contributed by atoms with Crippen molar-refractivity contribution in [2.75, 3.05) is 10.6 Å². The first kappa shape index (κ1) is 13.3. The maximum absolute atomic E-state index is 11.8. The van der Waals surface area contributed by atoms with Crippen LogP contribution in [0.25, 0.3) is 0 Å². The van der Waals surface area contributed by atoms with E-state index in [0.717, 1.165) is 5.56 Å². The van der Waals surface area contributed by atoms with Crippen LogP contribution in [0.3, 0.4) is 0 Å². The molecule has 7 nitrogen and oxygen atoms in total. The Kier molecular flexibility index (Phi) is 3.88. The molecule has 21 heavy (non-hydrogen) atoms. The lowest BCUT2D eigenvalue weighted by atomic mass is 10.2. The van der Waals surface area contributed by atoms with E-state index < -0.39 is 0 Å². The number of urea groups is 1. The number of aromatic nitrogens is 4. The number of carbonyl (C=O) groups excluding carboxylic acids is 1. The first-order valence-electron chi connectivity index (χ1n) is 6.18. The lowest BCUT2D eigenvalue weighted by Gasteiger charge is -2.07.